The molecule has 3 rings (SSSR count). The lowest BCUT2D eigenvalue weighted by Gasteiger charge is -2.34. The zero-order valence-corrected chi connectivity index (χ0v) is 13.8. The van der Waals surface area contributed by atoms with Gasteiger partial charge in [-0.25, -0.2) is 4.39 Å². The average Bonchev–Trinajstić information content (AvgIpc) is 3.17. The number of halogens is 1. The van der Waals surface area contributed by atoms with E-state index in [9.17, 15) is 14.0 Å². The third kappa shape index (κ3) is 3.65. The summed E-state index contributed by atoms with van der Waals surface area (Å²) in [5.74, 6) is -0.658. The Kier molecular flexibility index (Phi) is 5.02. The molecule has 6 nitrogen and oxygen atoms in total. The van der Waals surface area contributed by atoms with Crippen LogP contribution in [0.1, 0.15) is 29.8 Å². The summed E-state index contributed by atoms with van der Waals surface area (Å²) < 4.78 is 23.6. The van der Waals surface area contributed by atoms with Gasteiger partial charge in [0.2, 0.25) is 5.91 Å². The van der Waals surface area contributed by atoms with Crippen LogP contribution >= 0.6 is 0 Å². The molecule has 1 aliphatic heterocycles. The molecular weight excluding hydrogens is 327 g/mol. The maximum atomic E-state index is 13.3. The van der Waals surface area contributed by atoms with Crippen molar-refractivity contribution in [3.8, 4) is 5.75 Å². The molecule has 1 saturated heterocycles. The molecule has 1 atom stereocenters. The Labute approximate surface area is 144 Å². The average molecular weight is 346 g/mol. The van der Waals surface area contributed by atoms with Gasteiger partial charge in [-0.2, -0.15) is 0 Å². The van der Waals surface area contributed by atoms with Gasteiger partial charge in [-0.3, -0.25) is 9.59 Å². The summed E-state index contributed by atoms with van der Waals surface area (Å²) >= 11 is 0. The Hall–Kier alpha value is -2.83. The number of amides is 2. The summed E-state index contributed by atoms with van der Waals surface area (Å²) in [7, 11) is 1.40. The number of nitrogens with one attached hydrogen (secondary N) is 1. The van der Waals surface area contributed by atoms with Crippen LogP contribution in [0.2, 0.25) is 0 Å². The Morgan fingerprint density at radius 1 is 1.32 bits per heavy atom. The van der Waals surface area contributed by atoms with Gasteiger partial charge < -0.3 is 19.4 Å². The molecule has 1 fully saturated rings. The van der Waals surface area contributed by atoms with Gasteiger partial charge in [-0.15, -0.1) is 0 Å². The second kappa shape index (κ2) is 7.38. The fourth-order valence-corrected chi connectivity index (χ4v) is 2.97. The van der Waals surface area contributed by atoms with Crippen LogP contribution in [0.3, 0.4) is 0 Å². The summed E-state index contributed by atoms with van der Waals surface area (Å²) in [4.78, 5) is 26.8. The molecule has 0 aliphatic carbocycles. The molecule has 1 N–H and O–H groups in total. The molecule has 1 aromatic carbocycles. The van der Waals surface area contributed by atoms with E-state index in [1.165, 1.54) is 36.5 Å². The molecule has 2 aromatic rings. The van der Waals surface area contributed by atoms with Crippen molar-refractivity contribution >= 4 is 17.5 Å². The lowest BCUT2D eigenvalue weighted by molar-refractivity contribution is -0.121. The number of rotatable bonds is 4. The Morgan fingerprint density at radius 2 is 2.16 bits per heavy atom. The fourth-order valence-electron chi connectivity index (χ4n) is 2.97. The Balaban J connectivity index is 1.78. The van der Waals surface area contributed by atoms with Crippen LogP contribution in [0.4, 0.5) is 10.1 Å². The van der Waals surface area contributed by atoms with Crippen molar-refractivity contribution in [1.29, 1.82) is 0 Å². The van der Waals surface area contributed by atoms with Gasteiger partial charge in [0, 0.05) is 12.6 Å². The van der Waals surface area contributed by atoms with Crippen LogP contribution in [0.5, 0.6) is 5.75 Å². The van der Waals surface area contributed by atoms with Gasteiger partial charge in [-0.1, -0.05) is 0 Å². The van der Waals surface area contributed by atoms with Gasteiger partial charge >= 0.3 is 0 Å². The number of benzene rings is 1. The number of nitrogens with zero attached hydrogens (tertiary/aromatic N) is 1. The molecule has 2 heterocycles. The summed E-state index contributed by atoms with van der Waals surface area (Å²) in [6, 6.07) is 6.48. The van der Waals surface area contributed by atoms with E-state index >= 15 is 0 Å². The van der Waals surface area contributed by atoms with Crippen LogP contribution in [0.25, 0.3) is 0 Å². The lowest BCUT2D eigenvalue weighted by Crippen LogP contribution is -2.49. The zero-order valence-electron chi connectivity index (χ0n) is 13.8. The largest absolute Gasteiger partial charge is 0.494 e. The summed E-state index contributed by atoms with van der Waals surface area (Å²) in [5.41, 5.74) is 0.366. The van der Waals surface area contributed by atoms with Crippen LogP contribution in [0.15, 0.2) is 41.0 Å². The first kappa shape index (κ1) is 17.0. The Morgan fingerprint density at radius 3 is 2.88 bits per heavy atom. The van der Waals surface area contributed by atoms with Crippen LogP contribution in [0, 0.1) is 5.82 Å². The van der Waals surface area contributed by atoms with E-state index in [0.29, 0.717) is 18.7 Å². The third-order valence-corrected chi connectivity index (χ3v) is 4.22. The fraction of sp³-hybridized carbons (Fsp3) is 0.333. The standard InChI is InChI=1S/C18H19FN2O4/c1-24-16-11-12(19)7-8-13(16)20-17(22)14-5-2-3-9-21(14)18(23)15-6-4-10-25-15/h4,6-8,10-11,14H,2-3,5,9H2,1H3,(H,20,22). The zero-order chi connectivity index (χ0) is 17.8. The molecule has 0 bridgehead atoms. The normalized spacial score (nSPS) is 17.2. The van der Waals surface area contributed by atoms with E-state index in [4.69, 9.17) is 9.15 Å². The molecule has 132 valence electrons. The van der Waals surface area contributed by atoms with Crippen molar-refractivity contribution in [2.45, 2.75) is 25.3 Å². The molecule has 0 radical (unpaired) electrons. The van der Waals surface area contributed by atoms with E-state index in [2.05, 4.69) is 5.32 Å². The SMILES string of the molecule is COc1cc(F)ccc1NC(=O)C1CCCCN1C(=O)c1ccco1. The van der Waals surface area contributed by atoms with E-state index < -0.39 is 11.9 Å². The van der Waals surface area contributed by atoms with Crippen molar-refractivity contribution in [2.24, 2.45) is 0 Å². The number of hydrogen-bond donors (Lipinski definition) is 1. The van der Waals surface area contributed by atoms with Gasteiger partial charge in [-0.05, 0) is 43.5 Å². The summed E-state index contributed by atoms with van der Waals surface area (Å²) in [5, 5.41) is 2.73. The van der Waals surface area contributed by atoms with Crippen molar-refractivity contribution in [3.63, 3.8) is 0 Å². The number of hydrogen-bond acceptors (Lipinski definition) is 4. The topological polar surface area (TPSA) is 71.8 Å². The van der Waals surface area contributed by atoms with E-state index in [0.717, 1.165) is 12.8 Å². The minimum atomic E-state index is -0.610. The first-order valence-electron chi connectivity index (χ1n) is 8.09. The number of piperidine rings is 1. The number of likely N-dealkylation sites (tertiary alicyclic amines) is 1. The minimum Gasteiger partial charge on any atom is -0.494 e. The molecule has 0 saturated carbocycles. The van der Waals surface area contributed by atoms with Gasteiger partial charge in [0.05, 0.1) is 19.1 Å². The molecular formula is C18H19FN2O4. The van der Waals surface area contributed by atoms with Crippen molar-refractivity contribution in [2.75, 3.05) is 19.0 Å². The highest BCUT2D eigenvalue weighted by Gasteiger charge is 2.34. The van der Waals surface area contributed by atoms with E-state index in [1.807, 2.05) is 0 Å². The highest BCUT2D eigenvalue weighted by molar-refractivity contribution is 6.00. The molecule has 0 spiro atoms. The highest BCUT2D eigenvalue weighted by Crippen LogP contribution is 2.27. The van der Waals surface area contributed by atoms with Gasteiger partial charge in [0.15, 0.2) is 5.76 Å². The Bertz CT molecular complexity index is 760. The molecule has 1 unspecified atom stereocenters. The number of anilines is 1. The number of carbonyl (C=O) groups is 2. The second-order valence-electron chi connectivity index (χ2n) is 5.82. The summed E-state index contributed by atoms with van der Waals surface area (Å²) in [6.45, 7) is 0.484. The molecule has 7 heteroatoms. The number of carbonyl (C=O) groups excluding carboxylic acids is 2. The summed E-state index contributed by atoms with van der Waals surface area (Å²) in [6.07, 6.45) is 3.66. The highest BCUT2D eigenvalue weighted by atomic mass is 19.1. The maximum absolute atomic E-state index is 13.3. The molecule has 2 amide bonds. The van der Waals surface area contributed by atoms with Crippen molar-refractivity contribution < 1.29 is 23.1 Å². The predicted molar refractivity (Wildman–Crippen MR) is 89.0 cm³/mol. The number of furan rings is 1. The lowest BCUT2D eigenvalue weighted by atomic mass is 10.0. The van der Waals surface area contributed by atoms with Crippen LogP contribution < -0.4 is 10.1 Å². The molecule has 1 aliphatic rings. The van der Waals surface area contributed by atoms with Crippen LogP contribution in [-0.2, 0) is 4.79 Å². The third-order valence-electron chi connectivity index (χ3n) is 4.22. The van der Waals surface area contributed by atoms with Crippen molar-refractivity contribution in [3.05, 3.63) is 48.2 Å². The number of methoxy groups -OCH3 is 1. The molecule has 1 aromatic heterocycles. The van der Waals surface area contributed by atoms with Crippen molar-refractivity contribution in [1.82, 2.24) is 4.90 Å². The van der Waals surface area contributed by atoms with Gasteiger partial charge in [0.1, 0.15) is 17.6 Å². The molecule has 25 heavy (non-hydrogen) atoms. The maximum Gasteiger partial charge on any atom is 0.290 e. The second-order valence-corrected chi connectivity index (χ2v) is 5.82. The first-order chi connectivity index (χ1) is 12.1. The quantitative estimate of drug-likeness (QED) is 0.923. The van der Waals surface area contributed by atoms with Gasteiger partial charge in [0.25, 0.3) is 5.91 Å². The number of ether oxygens (including phenoxy) is 1. The predicted octanol–water partition coefficient (Wildman–Crippen LogP) is 3.06. The van der Waals surface area contributed by atoms with E-state index in [1.54, 1.807) is 12.1 Å². The smallest absolute Gasteiger partial charge is 0.290 e. The van der Waals surface area contributed by atoms with Crippen LogP contribution in [-0.4, -0.2) is 36.4 Å². The monoisotopic (exact) mass is 346 g/mol. The van der Waals surface area contributed by atoms with E-state index in [-0.39, 0.29) is 23.3 Å². The first-order valence-corrected chi connectivity index (χ1v) is 8.09. The minimum absolute atomic E-state index is 0.207.